The minimum absolute atomic E-state index is 0.0232. The molecule has 0 spiro atoms. The number of nitrogens with one attached hydrogen (secondary N) is 2. The topological polar surface area (TPSA) is 37.0 Å². The average molecular weight is 558 g/mol. The highest BCUT2D eigenvalue weighted by molar-refractivity contribution is 5.60. The van der Waals surface area contributed by atoms with Crippen LogP contribution in [0.2, 0.25) is 0 Å². The molecule has 0 saturated carbocycles. The summed E-state index contributed by atoms with van der Waals surface area (Å²) in [6.45, 7) is 3.08. The number of benzene rings is 3. The number of nitrogens with zero attached hydrogens (tertiary/aromatic N) is 1. The molecule has 0 aliphatic carbocycles. The molecule has 0 fully saturated rings. The van der Waals surface area contributed by atoms with Gasteiger partial charge < -0.3 is 10.6 Å². The standard InChI is InChI=1S/C31H29F6N3/c1-21(20-38-18-19-39-28(23-8-4-2-5-9-23)24-10-6-3-7-11-24)26-16-17-27(40-29(26)31(35,36)37)22-12-14-25(15-13-22)30(32,33)34/h2-17,21,28,38-39H,18-20H2,1H3. The molecule has 1 heterocycles. The van der Waals surface area contributed by atoms with Crippen molar-refractivity contribution in [3.63, 3.8) is 0 Å². The van der Waals surface area contributed by atoms with Gasteiger partial charge in [-0.05, 0) is 40.8 Å². The number of hydrogen-bond acceptors (Lipinski definition) is 3. The summed E-state index contributed by atoms with van der Waals surface area (Å²) in [5.41, 5.74) is 0.458. The van der Waals surface area contributed by atoms with Crippen molar-refractivity contribution in [3.8, 4) is 11.3 Å². The molecular formula is C31H29F6N3. The Labute approximate surface area is 229 Å². The van der Waals surface area contributed by atoms with Crippen molar-refractivity contribution in [2.75, 3.05) is 19.6 Å². The minimum Gasteiger partial charge on any atom is -0.315 e. The third kappa shape index (κ3) is 7.49. The van der Waals surface area contributed by atoms with E-state index in [-0.39, 0.29) is 29.4 Å². The number of alkyl halides is 6. The van der Waals surface area contributed by atoms with Gasteiger partial charge in [0.2, 0.25) is 0 Å². The molecule has 4 aromatic rings. The molecular weight excluding hydrogens is 528 g/mol. The summed E-state index contributed by atoms with van der Waals surface area (Å²) in [5, 5.41) is 6.74. The molecule has 0 bridgehead atoms. The van der Waals surface area contributed by atoms with Crippen LogP contribution in [0, 0.1) is 0 Å². The van der Waals surface area contributed by atoms with Gasteiger partial charge in [0.25, 0.3) is 0 Å². The molecule has 40 heavy (non-hydrogen) atoms. The van der Waals surface area contributed by atoms with Crippen LogP contribution in [0.5, 0.6) is 0 Å². The zero-order valence-corrected chi connectivity index (χ0v) is 21.7. The van der Waals surface area contributed by atoms with E-state index in [1.807, 2.05) is 60.7 Å². The smallest absolute Gasteiger partial charge is 0.315 e. The maximum atomic E-state index is 13.9. The zero-order chi connectivity index (χ0) is 28.8. The number of rotatable bonds is 10. The maximum Gasteiger partial charge on any atom is 0.433 e. The lowest BCUT2D eigenvalue weighted by molar-refractivity contribution is -0.142. The first-order valence-corrected chi connectivity index (χ1v) is 12.8. The van der Waals surface area contributed by atoms with Gasteiger partial charge in [0.05, 0.1) is 17.3 Å². The normalized spacial score (nSPS) is 13.0. The fourth-order valence-electron chi connectivity index (χ4n) is 4.54. The average Bonchev–Trinajstić information content (AvgIpc) is 2.94. The molecule has 3 aromatic carbocycles. The second-order valence-corrected chi connectivity index (χ2v) is 9.52. The molecule has 0 aliphatic rings. The van der Waals surface area contributed by atoms with Crippen LogP contribution in [0.3, 0.4) is 0 Å². The summed E-state index contributed by atoms with van der Waals surface area (Å²) in [5.74, 6) is -0.509. The number of pyridine rings is 1. The highest BCUT2D eigenvalue weighted by Gasteiger charge is 2.37. The van der Waals surface area contributed by atoms with Gasteiger partial charge in [-0.25, -0.2) is 4.98 Å². The van der Waals surface area contributed by atoms with Crippen LogP contribution in [-0.2, 0) is 12.4 Å². The van der Waals surface area contributed by atoms with Crippen molar-refractivity contribution in [1.29, 1.82) is 0 Å². The zero-order valence-electron chi connectivity index (χ0n) is 21.7. The monoisotopic (exact) mass is 557 g/mol. The molecule has 210 valence electrons. The molecule has 0 amide bonds. The van der Waals surface area contributed by atoms with Crippen molar-refractivity contribution >= 4 is 0 Å². The van der Waals surface area contributed by atoms with E-state index in [1.165, 1.54) is 12.1 Å². The number of hydrogen-bond donors (Lipinski definition) is 2. The van der Waals surface area contributed by atoms with Gasteiger partial charge in [-0.2, -0.15) is 26.3 Å². The van der Waals surface area contributed by atoms with E-state index in [2.05, 4.69) is 15.6 Å². The van der Waals surface area contributed by atoms with E-state index in [0.717, 1.165) is 35.4 Å². The summed E-state index contributed by atoms with van der Waals surface area (Å²) in [6.07, 6.45) is -9.25. The Kier molecular flexibility index (Phi) is 9.27. The predicted molar refractivity (Wildman–Crippen MR) is 144 cm³/mol. The summed E-state index contributed by atoms with van der Waals surface area (Å²) in [4.78, 5) is 3.82. The van der Waals surface area contributed by atoms with Crippen LogP contribution in [0.1, 0.15) is 46.8 Å². The van der Waals surface area contributed by atoms with Gasteiger partial charge in [-0.3, -0.25) is 0 Å². The molecule has 9 heteroatoms. The summed E-state index contributed by atoms with van der Waals surface area (Å²) >= 11 is 0. The van der Waals surface area contributed by atoms with Crippen LogP contribution < -0.4 is 10.6 Å². The molecule has 1 aromatic heterocycles. The van der Waals surface area contributed by atoms with Gasteiger partial charge in [0.15, 0.2) is 0 Å². The third-order valence-corrected chi connectivity index (χ3v) is 6.60. The van der Waals surface area contributed by atoms with Crippen LogP contribution in [0.4, 0.5) is 26.3 Å². The van der Waals surface area contributed by atoms with Gasteiger partial charge in [0.1, 0.15) is 5.69 Å². The highest BCUT2D eigenvalue weighted by atomic mass is 19.4. The lowest BCUT2D eigenvalue weighted by Crippen LogP contribution is -2.32. The van der Waals surface area contributed by atoms with Crippen LogP contribution in [0.15, 0.2) is 97.1 Å². The number of aromatic nitrogens is 1. The molecule has 0 saturated heterocycles. The van der Waals surface area contributed by atoms with Gasteiger partial charge in [-0.1, -0.05) is 85.8 Å². The molecule has 1 unspecified atom stereocenters. The highest BCUT2D eigenvalue weighted by Crippen LogP contribution is 2.36. The second-order valence-electron chi connectivity index (χ2n) is 9.52. The Balaban J connectivity index is 1.40. The SMILES string of the molecule is CC(CNCCNC(c1ccccc1)c1ccccc1)c1ccc(-c2ccc(C(F)(F)F)cc2)nc1C(F)(F)F. The molecule has 0 radical (unpaired) electrons. The summed E-state index contributed by atoms with van der Waals surface area (Å²) in [6, 6.07) is 26.6. The number of halogens is 6. The van der Waals surface area contributed by atoms with Gasteiger partial charge in [-0.15, -0.1) is 0 Å². The first-order valence-electron chi connectivity index (χ1n) is 12.8. The van der Waals surface area contributed by atoms with E-state index in [4.69, 9.17) is 0 Å². The first-order chi connectivity index (χ1) is 19.0. The molecule has 3 nitrogen and oxygen atoms in total. The lowest BCUT2D eigenvalue weighted by atomic mass is 9.97. The van der Waals surface area contributed by atoms with Crippen LogP contribution in [-0.4, -0.2) is 24.6 Å². The van der Waals surface area contributed by atoms with Crippen molar-refractivity contribution in [1.82, 2.24) is 15.6 Å². The van der Waals surface area contributed by atoms with E-state index < -0.39 is 29.5 Å². The van der Waals surface area contributed by atoms with Crippen molar-refractivity contribution in [2.45, 2.75) is 31.2 Å². The van der Waals surface area contributed by atoms with Gasteiger partial charge >= 0.3 is 12.4 Å². The Morgan fingerprint density at radius 3 is 1.77 bits per heavy atom. The van der Waals surface area contributed by atoms with Crippen molar-refractivity contribution < 1.29 is 26.3 Å². The minimum atomic E-state index is -4.72. The second kappa shape index (κ2) is 12.7. The van der Waals surface area contributed by atoms with Gasteiger partial charge in [0, 0.05) is 25.2 Å². The maximum absolute atomic E-state index is 13.9. The van der Waals surface area contributed by atoms with Crippen molar-refractivity contribution in [3.05, 3.63) is 125 Å². The quantitative estimate of drug-likeness (QED) is 0.154. The summed E-state index contributed by atoms with van der Waals surface area (Å²) < 4.78 is 80.4. The molecule has 2 N–H and O–H groups in total. The summed E-state index contributed by atoms with van der Waals surface area (Å²) in [7, 11) is 0. The molecule has 0 aliphatic heterocycles. The Bertz CT molecular complexity index is 1310. The third-order valence-electron chi connectivity index (χ3n) is 6.60. The molecule has 1 atom stereocenters. The Morgan fingerprint density at radius 2 is 1.25 bits per heavy atom. The van der Waals surface area contributed by atoms with Crippen LogP contribution in [0.25, 0.3) is 11.3 Å². The largest absolute Gasteiger partial charge is 0.433 e. The van der Waals surface area contributed by atoms with E-state index in [0.29, 0.717) is 13.1 Å². The predicted octanol–water partition coefficient (Wildman–Crippen LogP) is 7.86. The van der Waals surface area contributed by atoms with E-state index in [9.17, 15) is 26.3 Å². The van der Waals surface area contributed by atoms with E-state index >= 15 is 0 Å². The lowest BCUT2D eigenvalue weighted by Gasteiger charge is -2.21. The van der Waals surface area contributed by atoms with Crippen LogP contribution >= 0.6 is 0 Å². The Morgan fingerprint density at radius 1 is 0.675 bits per heavy atom. The fraction of sp³-hybridized carbons (Fsp3) is 0.258. The Hall–Kier alpha value is -3.69. The molecule has 4 rings (SSSR count). The fourth-order valence-corrected chi connectivity index (χ4v) is 4.54. The van der Waals surface area contributed by atoms with E-state index in [1.54, 1.807) is 6.92 Å². The first kappa shape index (κ1) is 29.3. The van der Waals surface area contributed by atoms with Crippen molar-refractivity contribution in [2.24, 2.45) is 0 Å².